The second kappa shape index (κ2) is 7.69. The summed E-state index contributed by atoms with van der Waals surface area (Å²) < 4.78 is 0. The van der Waals surface area contributed by atoms with Crippen molar-refractivity contribution in [3.05, 3.63) is 34.9 Å². The van der Waals surface area contributed by atoms with Gasteiger partial charge in [0, 0.05) is 23.2 Å². The monoisotopic (exact) mass is 291 g/mol. The van der Waals surface area contributed by atoms with Gasteiger partial charge in [-0.3, -0.25) is 4.90 Å². The average Bonchev–Trinajstić information content (AvgIpc) is 2.49. The summed E-state index contributed by atoms with van der Waals surface area (Å²) in [6, 6.07) is 8.23. The molecule has 0 amide bonds. The number of halogens is 1. The molecule has 2 rings (SSSR count). The molecule has 1 fully saturated rings. The molecule has 0 unspecified atom stereocenters. The highest BCUT2D eigenvalue weighted by Gasteiger charge is 2.22. The van der Waals surface area contributed by atoms with Crippen molar-refractivity contribution in [3.8, 4) is 11.8 Å². The van der Waals surface area contributed by atoms with Gasteiger partial charge in [0.05, 0.1) is 6.54 Å². The minimum atomic E-state index is 0.340. The predicted molar refractivity (Wildman–Crippen MR) is 83.8 cm³/mol. The van der Waals surface area contributed by atoms with Crippen LogP contribution in [0.1, 0.15) is 31.2 Å². The summed E-state index contributed by atoms with van der Waals surface area (Å²) in [7, 11) is 2.14. The fourth-order valence-corrected chi connectivity index (χ4v) is 2.82. The van der Waals surface area contributed by atoms with Gasteiger partial charge in [0.1, 0.15) is 0 Å². The van der Waals surface area contributed by atoms with E-state index in [0.717, 1.165) is 30.0 Å². The summed E-state index contributed by atoms with van der Waals surface area (Å²) >= 11 is 5.85. The van der Waals surface area contributed by atoms with Gasteiger partial charge in [-0.1, -0.05) is 23.4 Å². The van der Waals surface area contributed by atoms with Crippen LogP contribution >= 0.6 is 11.6 Å². The lowest BCUT2D eigenvalue weighted by atomic mass is 9.86. The smallest absolute Gasteiger partial charge is 0.0605 e. The lowest BCUT2D eigenvalue weighted by Gasteiger charge is -2.33. The van der Waals surface area contributed by atoms with Gasteiger partial charge in [-0.15, -0.1) is 0 Å². The van der Waals surface area contributed by atoms with Crippen LogP contribution in [0.3, 0.4) is 0 Å². The zero-order chi connectivity index (χ0) is 14.4. The minimum Gasteiger partial charge on any atom is -0.396 e. The van der Waals surface area contributed by atoms with Gasteiger partial charge < -0.3 is 5.11 Å². The van der Waals surface area contributed by atoms with Crippen LogP contribution in [0.4, 0.5) is 0 Å². The van der Waals surface area contributed by atoms with Crippen LogP contribution in [0.5, 0.6) is 0 Å². The molecular weight excluding hydrogens is 270 g/mol. The van der Waals surface area contributed by atoms with E-state index in [1.165, 1.54) is 12.8 Å². The third-order valence-electron chi connectivity index (χ3n) is 4.10. The van der Waals surface area contributed by atoms with Crippen LogP contribution in [0, 0.1) is 17.8 Å². The first-order valence-corrected chi connectivity index (χ1v) is 7.62. The van der Waals surface area contributed by atoms with Gasteiger partial charge in [0.25, 0.3) is 0 Å². The number of aliphatic hydroxyl groups is 1. The largest absolute Gasteiger partial charge is 0.396 e. The van der Waals surface area contributed by atoms with Crippen molar-refractivity contribution >= 4 is 11.6 Å². The van der Waals surface area contributed by atoms with Crippen LogP contribution < -0.4 is 0 Å². The van der Waals surface area contributed by atoms with Crippen molar-refractivity contribution in [1.82, 2.24) is 4.90 Å². The molecule has 2 nitrogen and oxygen atoms in total. The van der Waals surface area contributed by atoms with Crippen LogP contribution in [0.2, 0.25) is 5.02 Å². The Balaban J connectivity index is 1.81. The van der Waals surface area contributed by atoms with E-state index in [-0.39, 0.29) is 0 Å². The van der Waals surface area contributed by atoms with Gasteiger partial charge in [-0.25, -0.2) is 0 Å². The van der Waals surface area contributed by atoms with Crippen molar-refractivity contribution < 1.29 is 5.11 Å². The SMILES string of the molecule is CN(CC#Cc1ccc(Cl)cc1)C1CCC(CO)CC1. The molecule has 0 radical (unpaired) electrons. The van der Waals surface area contributed by atoms with E-state index >= 15 is 0 Å². The summed E-state index contributed by atoms with van der Waals surface area (Å²) in [5.41, 5.74) is 1.01. The van der Waals surface area contributed by atoms with Gasteiger partial charge in [-0.05, 0) is 62.9 Å². The number of rotatable bonds is 3. The number of aliphatic hydroxyl groups excluding tert-OH is 1. The highest BCUT2D eigenvalue weighted by molar-refractivity contribution is 6.30. The second-order valence-corrected chi connectivity index (χ2v) is 6.02. The Hall–Kier alpha value is -1.01. The number of benzene rings is 1. The van der Waals surface area contributed by atoms with Crippen molar-refractivity contribution in [2.24, 2.45) is 5.92 Å². The molecule has 1 aliphatic carbocycles. The molecule has 1 aromatic carbocycles. The molecule has 108 valence electrons. The van der Waals surface area contributed by atoms with Crippen LogP contribution in [-0.2, 0) is 0 Å². The van der Waals surface area contributed by atoms with E-state index in [4.69, 9.17) is 16.7 Å². The van der Waals surface area contributed by atoms with E-state index in [2.05, 4.69) is 23.8 Å². The zero-order valence-corrected chi connectivity index (χ0v) is 12.7. The maximum atomic E-state index is 9.16. The molecule has 0 atom stereocenters. The van der Waals surface area contributed by atoms with E-state index in [9.17, 15) is 0 Å². The molecule has 0 aromatic heterocycles. The van der Waals surface area contributed by atoms with Crippen molar-refractivity contribution in [3.63, 3.8) is 0 Å². The molecule has 20 heavy (non-hydrogen) atoms. The summed E-state index contributed by atoms with van der Waals surface area (Å²) in [6.07, 6.45) is 4.61. The zero-order valence-electron chi connectivity index (χ0n) is 12.0. The summed E-state index contributed by atoms with van der Waals surface area (Å²) in [4.78, 5) is 2.33. The Morgan fingerprint density at radius 2 is 1.85 bits per heavy atom. The normalized spacial score (nSPS) is 22.4. The average molecular weight is 292 g/mol. The molecule has 1 aliphatic rings. The Bertz CT molecular complexity index is 466. The van der Waals surface area contributed by atoms with Crippen LogP contribution in [-0.4, -0.2) is 36.2 Å². The highest BCUT2D eigenvalue weighted by atomic mass is 35.5. The topological polar surface area (TPSA) is 23.5 Å². The first-order valence-electron chi connectivity index (χ1n) is 7.24. The molecule has 0 heterocycles. The number of hydrogen-bond donors (Lipinski definition) is 1. The van der Waals surface area contributed by atoms with Crippen molar-refractivity contribution in [2.45, 2.75) is 31.7 Å². The Labute approximate surface area is 126 Å². The predicted octanol–water partition coefficient (Wildman–Crippen LogP) is 3.17. The first kappa shape index (κ1) is 15.4. The Kier molecular flexibility index (Phi) is 5.91. The molecule has 3 heteroatoms. The third-order valence-corrected chi connectivity index (χ3v) is 4.36. The quantitative estimate of drug-likeness (QED) is 0.865. The molecule has 1 N–H and O–H groups in total. The van der Waals surface area contributed by atoms with Crippen molar-refractivity contribution in [1.29, 1.82) is 0 Å². The number of hydrogen-bond acceptors (Lipinski definition) is 2. The molecular formula is C17H22ClNO. The fourth-order valence-electron chi connectivity index (χ4n) is 2.70. The summed E-state index contributed by atoms with van der Waals surface area (Å²) in [5, 5.41) is 9.90. The molecule has 0 bridgehead atoms. The van der Waals surface area contributed by atoms with Crippen molar-refractivity contribution in [2.75, 3.05) is 20.2 Å². The standard InChI is InChI=1S/C17H22ClNO/c1-19(17-10-6-15(13-20)7-11-17)12-2-3-14-4-8-16(18)9-5-14/h4-5,8-9,15,17,20H,6-7,10-13H2,1H3. The summed E-state index contributed by atoms with van der Waals surface area (Å²) in [5.74, 6) is 6.91. The molecule has 1 saturated carbocycles. The minimum absolute atomic E-state index is 0.340. The third kappa shape index (κ3) is 4.52. The molecule has 0 spiro atoms. The maximum Gasteiger partial charge on any atom is 0.0605 e. The lowest BCUT2D eigenvalue weighted by molar-refractivity contribution is 0.135. The highest BCUT2D eigenvalue weighted by Crippen LogP contribution is 2.26. The van der Waals surface area contributed by atoms with E-state index in [0.29, 0.717) is 18.6 Å². The lowest BCUT2D eigenvalue weighted by Crippen LogP contribution is -2.35. The van der Waals surface area contributed by atoms with Gasteiger partial charge in [0.2, 0.25) is 0 Å². The van der Waals surface area contributed by atoms with E-state index in [1.54, 1.807) is 0 Å². The fraction of sp³-hybridized carbons (Fsp3) is 0.529. The van der Waals surface area contributed by atoms with Gasteiger partial charge in [0.15, 0.2) is 0 Å². The van der Waals surface area contributed by atoms with Gasteiger partial charge in [-0.2, -0.15) is 0 Å². The first-order chi connectivity index (χ1) is 9.69. The number of nitrogens with zero attached hydrogens (tertiary/aromatic N) is 1. The Morgan fingerprint density at radius 3 is 2.45 bits per heavy atom. The van der Waals surface area contributed by atoms with E-state index < -0.39 is 0 Å². The van der Waals surface area contributed by atoms with Crippen LogP contribution in [0.15, 0.2) is 24.3 Å². The molecule has 1 aromatic rings. The molecule has 0 aliphatic heterocycles. The maximum absolute atomic E-state index is 9.16. The molecule has 0 saturated heterocycles. The Morgan fingerprint density at radius 1 is 1.20 bits per heavy atom. The van der Waals surface area contributed by atoms with E-state index in [1.807, 2.05) is 24.3 Å². The van der Waals surface area contributed by atoms with Crippen LogP contribution in [0.25, 0.3) is 0 Å². The van der Waals surface area contributed by atoms with Gasteiger partial charge >= 0.3 is 0 Å². The second-order valence-electron chi connectivity index (χ2n) is 5.58. The summed E-state index contributed by atoms with van der Waals surface area (Å²) in [6.45, 7) is 1.13.